The summed E-state index contributed by atoms with van der Waals surface area (Å²) in [5, 5.41) is 12.1. The van der Waals surface area contributed by atoms with Crippen LogP contribution in [0.25, 0.3) is 0 Å². The number of hydrogen-bond acceptors (Lipinski definition) is 3. The van der Waals surface area contributed by atoms with Gasteiger partial charge in [0, 0.05) is 19.7 Å². The maximum Gasteiger partial charge on any atom is 0.317 e. The summed E-state index contributed by atoms with van der Waals surface area (Å²) in [5.41, 5.74) is 0. The van der Waals surface area contributed by atoms with Crippen LogP contribution in [0.1, 0.15) is 26.7 Å². The second kappa shape index (κ2) is 5.77. The van der Waals surface area contributed by atoms with Crippen LogP contribution in [0.3, 0.4) is 0 Å². The number of urea groups is 1. The molecule has 2 aliphatic rings. The second-order valence-electron chi connectivity index (χ2n) is 5.70. The van der Waals surface area contributed by atoms with E-state index >= 15 is 0 Å². The van der Waals surface area contributed by atoms with E-state index in [9.17, 15) is 9.59 Å². The third kappa shape index (κ3) is 3.37. The van der Waals surface area contributed by atoms with E-state index in [-0.39, 0.29) is 24.1 Å². The summed E-state index contributed by atoms with van der Waals surface area (Å²) in [6.07, 6.45) is 1.49. The highest BCUT2D eigenvalue weighted by atomic mass is 16.5. The Hall–Kier alpha value is -1.30. The minimum atomic E-state index is -0.818. The lowest BCUT2D eigenvalue weighted by Gasteiger charge is -2.35. The zero-order chi connectivity index (χ0) is 14.0. The van der Waals surface area contributed by atoms with Crippen LogP contribution in [-0.2, 0) is 9.53 Å². The molecule has 108 valence electrons. The first-order chi connectivity index (χ1) is 8.97. The first-order valence-corrected chi connectivity index (χ1v) is 6.87. The number of nitrogens with zero attached hydrogens (tertiary/aromatic N) is 1. The van der Waals surface area contributed by atoms with Gasteiger partial charge >= 0.3 is 12.0 Å². The lowest BCUT2D eigenvalue weighted by atomic mass is 9.91. The molecule has 6 nitrogen and oxygen atoms in total. The van der Waals surface area contributed by atoms with E-state index in [0.717, 1.165) is 6.42 Å². The van der Waals surface area contributed by atoms with Crippen LogP contribution in [0.4, 0.5) is 4.79 Å². The number of carboxylic acids is 1. The SMILES string of the molecule is CC1CC(C(=O)O)CN(C(=O)NC2CCOC2C)C1. The maximum atomic E-state index is 12.2. The predicted molar refractivity (Wildman–Crippen MR) is 68.8 cm³/mol. The second-order valence-corrected chi connectivity index (χ2v) is 5.70. The molecule has 2 heterocycles. The first-order valence-electron chi connectivity index (χ1n) is 6.87. The van der Waals surface area contributed by atoms with Crippen LogP contribution >= 0.6 is 0 Å². The molecule has 0 aromatic heterocycles. The number of ether oxygens (including phenoxy) is 1. The molecule has 19 heavy (non-hydrogen) atoms. The van der Waals surface area contributed by atoms with E-state index in [1.807, 2.05) is 13.8 Å². The van der Waals surface area contributed by atoms with Gasteiger partial charge in [0.05, 0.1) is 18.1 Å². The molecule has 2 N–H and O–H groups in total. The number of likely N-dealkylation sites (tertiary alicyclic amines) is 1. The Bertz CT molecular complexity index is 361. The number of carboxylic acid groups (broad SMARTS) is 1. The van der Waals surface area contributed by atoms with Gasteiger partial charge in [0.15, 0.2) is 0 Å². The number of rotatable bonds is 2. The topological polar surface area (TPSA) is 78.9 Å². The number of piperidine rings is 1. The van der Waals surface area contributed by atoms with Gasteiger partial charge < -0.3 is 20.1 Å². The Morgan fingerprint density at radius 2 is 2.05 bits per heavy atom. The van der Waals surface area contributed by atoms with Gasteiger partial charge in [-0.3, -0.25) is 4.79 Å². The van der Waals surface area contributed by atoms with Crippen molar-refractivity contribution in [1.82, 2.24) is 10.2 Å². The average Bonchev–Trinajstić information content (AvgIpc) is 2.74. The summed E-state index contributed by atoms with van der Waals surface area (Å²) in [4.78, 5) is 24.9. The number of nitrogens with one attached hydrogen (secondary N) is 1. The standard InChI is InChI=1S/C13H22N2O4/c1-8-5-10(12(16)17)7-15(6-8)13(18)14-11-3-4-19-9(11)2/h8-11H,3-7H2,1-2H3,(H,14,18)(H,16,17). The molecule has 6 heteroatoms. The zero-order valence-corrected chi connectivity index (χ0v) is 11.5. The summed E-state index contributed by atoms with van der Waals surface area (Å²) in [6.45, 7) is 5.51. The fourth-order valence-electron chi connectivity index (χ4n) is 2.87. The first kappa shape index (κ1) is 14.1. The molecule has 0 aromatic carbocycles. The van der Waals surface area contributed by atoms with Gasteiger partial charge in [-0.05, 0) is 25.7 Å². The quantitative estimate of drug-likeness (QED) is 0.782. The van der Waals surface area contributed by atoms with Crippen LogP contribution in [0, 0.1) is 11.8 Å². The Kier molecular flexibility index (Phi) is 4.29. The van der Waals surface area contributed by atoms with Gasteiger partial charge in [0.2, 0.25) is 0 Å². The monoisotopic (exact) mass is 270 g/mol. The fourth-order valence-corrected chi connectivity index (χ4v) is 2.87. The largest absolute Gasteiger partial charge is 0.481 e. The molecular formula is C13H22N2O4. The molecule has 0 saturated carbocycles. The van der Waals surface area contributed by atoms with Crippen LogP contribution in [-0.4, -0.2) is 53.8 Å². The van der Waals surface area contributed by atoms with E-state index < -0.39 is 11.9 Å². The van der Waals surface area contributed by atoms with Crippen molar-refractivity contribution in [1.29, 1.82) is 0 Å². The van der Waals surface area contributed by atoms with E-state index in [1.54, 1.807) is 4.90 Å². The van der Waals surface area contributed by atoms with Crippen LogP contribution < -0.4 is 5.32 Å². The third-order valence-electron chi connectivity index (χ3n) is 3.98. The summed E-state index contributed by atoms with van der Waals surface area (Å²) in [5.74, 6) is -1.05. The van der Waals surface area contributed by atoms with E-state index in [0.29, 0.717) is 26.1 Å². The Labute approximate surface area is 113 Å². The van der Waals surface area contributed by atoms with Crippen LogP contribution in [0.15, 0.2) is 0 Å². The molecule has 4 unspecified atom stereocenters. The molecular weight excluding hydrogens is 248 g/mol. The highest BCUT2D eigenvalue weighted by Gasteiger charge is 2.34. The Balaban J connectivity index is 1.92. The molecule has 0 aliphatic carbocycles. The Morgan fingerprint density at radius 1 is 1.32 bits per heavy atom. The molecule has 4 atom stereocenters. The molecule has 2 fully saturated rings. The average molecular weight is 270 g/mol. The highest BCUT2D eigenvalue weighted by Crippen LogP contribution is 2.22. The van der Waals surface area contributed by atoms with E-state index in [1.165, 1.54) is 0 Å². The maximum absolute atomic E-state index is 12.2. The Morgan fingerprint density at radius 3 is 2.63 bits per heavy atom. The highest BCUT2D eigenvalue weighted by molar-refractivity contribution is 5.77. The molecule has 2 rings (SSSR count). The van der Waals surface area contributed by atoms with Gasteiger partial charge in [-0.1, -0.05) is 6.92 Å². The van der Waals surface area contributed by atoms with Crippen molar-refractivity contribution in [2.24, 2.45) is 11.8 Å². The minimum absolute atomic E-state index is 0.0291. The molecule has 0 bridgehead atoms. The molecule has 0 spiro atoms. The van der Waals surface area contributed by atoms with Crippen molar-refractivity contribution >= 4 is 12.0 Å². The van der Waals surface area contributed by atoms with Crippen molar-refractivity contribution in [2.75, 3.05) is 19.7 Å². The normalized spacial score (nSPS) is 35.2. The van der Waals surface area contributed by atoms with E-state index in [4.69, 9.17) is 9.84 Å². The summed E-state index contributed by atoms with van der Waals surface area (Å²) < 4.78 is 5.41. The molecule has 2 amide bonds. The lowest BCUT2D eigenvalue weighted by Crippen LogP contribution is -2.52. The van der Waals surface area contributed by atoms with Crippen LogP contribution in [0.5, 0.6) is 0 Å². The molecule has 0 radical (unpaired) electrons. The number of aliphatic carboxylic acids is 1. The molecule has 2 aliphatic heterocycles. The van der Waals surface area contributed by atoms with Crippen LogP contribution in [0.2, 0.25) is 0 Å². The number of hydrogen-bond donors (Lipinski definition) is 2. The van der Waals surface area contributed by atoms with Gasteiger partial charge in [-0.25, -0.2) is 4.79 Å². The van der Waals surface area contributed by atoms with Crippen molar-refractivity contribution < 1.29 is 19.4 Å². The van der Waals surface area contributed by atoms with Crippen molar-refractivity contribution in [2.45, 2.75) is 38.8 Å². The minimum Gasteiger partial charge on any atom is -0.481 e. The van der Waals surface area contributed by atoms with Gasteiger partial charge in [-0.15, -0.1) is 0 Å². The third-order valence-corrected chi connectivity index (χ3v) is 3.98. The smallest absolute Gasteiger partial charge is 0.317 e. The number of carbonyl (C=O) groups is 2. The van der Waals surface area contributed by atoms with Gasteiger partial charge in [0.25, 0.3) is 0 Å². The lowest BCUT2D eigenvalue weighted by molar-refractivity contribution is -0.143. The summed E-state index contributed by atoms with van der Waals surface area (Å²) in [6, 6.07) is -0.131. The van der Waals surface area contributed by atoms with Gasteiger partial charge in [0.1, 0.15) is 0 Å². The molecule has 2 saturated heterocycles. The van der Waals surface area contributed by atoms with Crippen molar-refractivity contribution in [3.8, 4) is 0 Å². The predicted octanol–water partition coefficient (Wildman–Crippen LogP) is 0.916. The van der Waals surface area contributed by atoms with E-state index in [2.05, 4.69) is 5.32 Å². The summed E-state index contributed by atoms with van der Waals surface area (Å²) >= 11 is 0. The number of amides is 2. The summed E-state index contributed by atoms with van der Waals surface area (Å²) in [7, 11) is 0. The van der Waals surface area contributed by atoms with Crippen molar-refractivity contribution in [3.05, 3.63) is 0 Å². The molecule has 0 aromatic rings. The fraction of sp³-hybridized carbons (Fsp3) is 0.846. The number of carbonyl (C=O) groups excluding carboxylic acids is 1. The zero-order valence-electron chi connectivity index (χ0n) is 11.5. The van der Waals surface area contributed by atoms with Gasteiger partial charge in [-0.2, -0.15) is 0 Å². The van der Waals surface area contributed by atoms with Crippen molar-refractivity contribution in [3.63, 3.8) is 0 Å².